The molecule has 1 aromatic carbocycles. The van der Waals surface area contributed by atoms with Crippen LogP contribution in [0.25, 0.3) is 10.9 Å². The van der Waals surface area contributed by atoms with Crippen LogP contribution in [0, 0.1) is 0 Å². The number of nitrogens with zero attached hydrogens (tertiary/aromatic N) is 1. The highest BCUT2D eigenvalue weighted by Crippen LogP contribution is 2.31. The van der Waals surface area contributed by atoms with E-state index in [1.54, 1.807) is 11.1 Å². The largest absolute Gasteiger partial charge is 0.347 e. The Hall–Kier alpha value is -1.28. The van der Waals surface area contributed by atoms with Crippen LogP contribution in [0.15, 0.2) is 24.4 Å². The Morgan fingerprint density at radius 1 is 1.25 bits per heavy atom. The van der Waals surface area contributed by atoms with Gasteiger partial charge in [0.05, 0.1) is 5.52 Å². The maximum absolute atomic E-state index is 3.36. The molecule has 1 aromatic heterocycles. The summed E-state index contributed by atoms with van der Waals surface area (Å²) < 4.78 is 2.41. The lowest BCUT2D eigenvalue weighted by Crippen LogP contribution is -2.39. The fraction of sp³-hybridized carbons (Fsp3) is 0.429. The Balaban J connectivity index is 1.95. The summed E-state index contributed by atoms with van der Waals surface area (Å²) in [4.78, 5) is 0. The summed E-state index contributed by atoms with van der Waals surface area (Å²) in [6, 6.07) is 7.12. The summed E-state index contributed by atoms with van der Waals surface area (Å²) in [7, 11) is 0. The van der Waals surface area contributed by atoms with Crippen LogP contribution in [-0.4, -0.2) is 17.7 Å². The summed E-state index contributed by atoms with van der Waals surface area (Å²) in [5.74, 6) is 0.755. The van der Waals surface area contributed by atoms with Crippen molar-refractivity contribution in [1.29, 1.82) is 0 Å². The topological polar surface area (TPSA) is 17.0 Å². The standard InChI is InChI=1S/C14H16N2/c1-2-10-6-12(13-8-15-9-13)7-11-3-5-16(4-1)14(10)11/h3,5-7,13,15H,1-2,4,8-9H2. The maximum Gasteiger partial charge on any atom is 0.0513 e. The third-order valence-corrected chi connectivity index (χ3v) is 4.06. The molecule has 0 radical (unpaired) electrons. The van der Waals surface area contributed by atoms with E-state index in [-0.39, 0.29) is 0 Å². The van der Waals surface area contributed by atoms with E-state index in [1.165, 1.54) is 30.3 Å². The van der Waals surface area contributed by atoms with Gasteiger partial charge in [-0.15, -0.1) is 0 Å². The van der Waals surface area contributed by atoms with Crippen molar-refractivity contribution in [2.45, 2.75) is 25.3 Å². The van der Waals surface area contributed by atoms with Crippen LogP contribution in [-0.2, 0) is 13.0 Å². The van der Waals surface area contributed by atoms with Crippen LogP contribution in [0.2, 0.25) is 0 Å². The van der Waals surface area contributed by atoms with Crippen molar-refractivity contribution in [3.8, 4) is 0 Å². The molecule has 2 aromatic rings. The van der Waals surface area contributed by atoms with Crippen LogP contribution in [0.1, 0.15) is 23.5 Å². The minimum Gasteiger partial charge on any atom is -0.347 e. The van der Waals surface area contributed by atoms with Crippen molar-refractivity contribution >= 4 is 10.9 Å². The predicted octanol–water partition coefficient (Wildman–Crippen LogP) is 2.27. The number of nitrogens with one attached hydrogen (secondary N) is 1. The molecule has 1 fully saturated rings. The van der Waals surface area contributed by atoms with Gasteiger partial charge in [-0.3, -0.25) is 0 Å². The van der Waals surface area contributed by atoms with Crippen LogP contribution >= 0.6 is 0 Å². The number of aryl methyl sites for hydroxylation is 2. The van der Waals surface area contributed by atoms with Crippen molar-refractivity contribution in [2.24, 2.45) is 0 Å². The molecule has 0 unspecified atom stereocenters. The Morgan fingerprint density at radius 3 is 3.00 bits per heavy atom. The van der Waals surface area contributed by atoms with Crippen molar-refractivity contribution in [2.75, 3.05) is 13.1 Å². The monoisotopic (exact) mass is 212 g/mol. The Bertz CT molecular complexity index is 549. The summed E-state index contributed by atoms with van der Waals surface area (Å²) in [5, 5.41) is 4.80. The molecule has 1 saturated heterocycles. The molecule has 3 heterocycles. The van der Waals surface area contributed by atoms with E-state index in [0.717, 1.165) is 19.0 Å². The van der Waals surface area contributed by atoms with E-state index in [1.807, 2.05) is 0 Å². The SMILES string of the molecule is c1c(C2CNC2)cc2ccn3c2c1CCC3. The lowest BCUT2D eigenvalue weighted by atomic mass is 9.90. The second-order valence-electron chi connectivity index (χ2n) is 5.09. The number of aromatic nitrogens is 1. The summed E-state index contributed by atoms with van der Waals surface area (Å²) in [6.07, 6.45) is 4.80. The fourth-order valence-corrected chi connectivity index (χ4v) is 3.04. The van der Waals surface area contributed by atoms with E-state index in [4.69, 9.17) is 0 Å². The average Bonchev–Trinajstić information content (AvgIpc) is 2.61. The summed E-state index contributed by atoms with van der Waals surface area (Å²) >= 11 is 0. The number of rotatable bonds is 1. The van der Waals surface area contributed by atoms with Crippen molar-refractivity contribution in [3.63, 3.8) is 0 Å². The first-order valence-corrected chi connectivity index (χ1v) is 6.24. The van der Waals surface area contributed by atoms with E-state index in [2.05, 4.69) is 34.3 Å². The van der Waals surface area contributed by atoms with Gasteiger partial charge in [-0.05, 0) is 36.1 Å². The van der Waals surface area contributed by atoms with Gasteiger partial charge in [0.25, 0.3) is 0 Å². The van der Waals surface area contributed by atoms with E-state index < -0.39 is 0 Å². The lowest BCUT2D eigenvalue weighted by molar-refractivity contribution is 0.448. The summed E-state index contributed by atoms with van der Waals surface area (Å²) in [6.45, 7) is 3.51. The van der Waals surface area contributed by atoms with Gasteiger partial charge in [-0.2, -0.15) is 0 Å². The highest BCUT2D eigenvalue weighted by molar-refractivity contribution is 5.85. The van der Waals surface area contributed by atoms with Crippen LogP contribution in [0.5, 0.6) is 0 Å². The van der Waals surface area contributed by atoms with Crippen LogP contribution < -0.4 is 5.32 Å². The van der Waals surface area contributed by atoms with Gasteiger partial charge in [0.1, 0.15) is 0 Å². The lowest BCUT2D eigenvalue weighted by Gasteiger charge is -2.28. The molecule has 16 heavy (non-hydrogen) atoms. The van der Waals surface area contributed by atoms with Gasteiger partial charge >= 0.3 is 0 Å². The number of benzene rings is 1. The molecule has 4 rings (SSSR count). The molecule has 0 atom stereocenters. The Morgan fingerprint density at radius 2 is 2.19 bits per heavy atom. The molecule has 0 spiro atoms. The van der Waals surface area contributed by atoms with Gasteiger partial charge in [-0.1, -0.05) is 6.07 Å². The van der Waals surface area contributed by atoms with Gasteiger partial charge in [0, 0.05) is 37.1 Å². The predicted molar refractivity (Wildman–Crippen MR) is 65.9 cm³/mol. The molecule has 82 valence electrons. The quantitative estimate of drug-likeness (QED) is 0.767. The van der Waals surface area contributed by atoms with Crippen molar-refractivity contribution < 1.29 is 0 Å². The second kappa shape index (κ2) is 3.11. The van der Waals surface area contributed by atoms with Gasteiger partial charge in [-0.25, -0.2) is 0 Å². The fourth-order valence-electron chi connectivity index (χ4n) is 3.04. The first kappa shape index (κ1) is 8.82. The molecule has 2 heteroatoms. The van der Waals surface area contributed by atoms with Crippen LogP contribution in [0.4, 0.5) is 0 Å². The smallest absolute Gasteiger partial charge is 0.0513 e. The molecule has 2 aliphatic rings. The second-order valence-corrected chi connectivity index (χ2v) is 5.09. The van der Waals surface area contributed by atoms with Crippen LogP contribution in [0.3, 0.4) is 0 Å². The molecular formula is C14H16N2. The molecule has 2 aliphatic heterocycles. The minimum absolute atomic E-state index is 0.755. The molecule has 1 N–H and O–H groups in total. The van der Waals surface area contributed by atoms with Gasteiger partial charge < -0.3 is 9.88 Å². The number of hydrogen-bond acceptors (Lipinski definition) is 1. The first-order valence-electron chi connectivity index (χ1n) is 6.24. The van der Waals surface area contributed by atoms with E-state index >= 15 is 0 Å². The van der Waals surface area contributed by atoms with Gasteiger partial charge in [0.15, 0.2) is 0 Å². The highest BCUT2D eigenvalue weighted by atomic mass is 15.0. The summed E-state index contributed by atoms with van der Waals surface area (Å²) in [5.41, 5.74) is 4.60. The first-order chi connectivity index (χ1) is 7.92. The average molecular weight is 212 g/mol. The number of hydrogen-bond donors (Lipinski definition) is 1. The zero-order chi connectivity index (χ0) is 10.5. The normalized spacial score (nSPS) is 20.0. The molecule has 0 aliphatic carbocycles. The minimum atomic E-state index is 0.755. The van der Waals surface area contributed by atoms with Crippen molar-refractivity contribution in [1.82, 2.24) is 9.88 Å². The molecule has 0 saturated carbocycles. The maximum atomic E-state index is 3.36. The molecule has 0 amide bonds. The zero-order valence-electron chi connectivity index (χ0n) is 9.37. The zero-order valence-corrected chi connectivity index (χ0v) is 9.37. The Labute approximate surface area is 95.3 Å². The molecule has 2 nitrogen and oxygen atoms in total. The highest BCUT2D eigenvalue weighted by Gasteiger charge is 2.21. The molecule has 0 bridgehead atoms. The van der Waals surface area contributed by atoms with Gasteiger partial charge in [0.2, 0.25) is 0 Å². The Kier molecular flexibility index (Phi) is 1.71. The van der Waals surface area contributed by atoms with E-state index in [9.17, 15) is 0 Å². The molecular weight excluding hydrogens is 196 g/mol. The van der Waals surface area contributed by atoms with Crippen molar-refractivity contribution in [3.05, 3.63) is 35.5 Å². The van der Waals surface area contributed by atoms with E-state index in [0.29, 0.717) is 0 Å². The third-order valence-electron chi connectivity index (χ3n) is 4.06. The third kappa shape index (κ3) is 1.11.